The number of Topliss-reactive ketones (excluding diaryl/α,β-unsaturated/α-hetero) is 1. The van der Waals surface area contributed by atoms with E-state index in [4.69, 9.17) is 9.47 Å². The molecule has 0 aromatic carbocycles. The monoisotopic (exact) mass is 514 g/mol. The van der Waals surface area contributed by atoms with Gasteiger partial charge in [-0.3, -0.25) is 4.79 Å². The fraction of sp³-hybridized carbons (Fsp3) is 0.767. The number of aliphatic hydroxyl groups is 2. The molecule has 204 valence electrons. The molecule has 4 aliphatic carbocycles. The molecule has 7 nitrogen and oxygen atoms in total. The van der Waals surface area contributed by atoms with Crippen LogP contribution in [0.5, 0.6) is 0 Å². The van der Waals surface area contributed by atoms with Crippen molar-refractivity contribution in [2.24, 2.45) is 40.4 Å². The molecule has 0 amide bonds. The number of esters is 2. The Hall–Kier alpha value is -1.99. The average Bonchev–Trinajstić information content (AvgIpc) is 3.37. The molecule has 0 spiro atoms. The number of ketones is 1. The molecule has 11 atom stereocenters. The van der Waals surface area contributed by atoms with Gasteiger partial charge in [0.2, 0.25) is 0 Å². The molecule has 2 N–H and O–H groups in total. The van der Waals surface area contributed by atoms with Crippen molar-refractivity contribution < 1.29 is 34.1 Å². The highest BCUT2D eigenvalue weighted by Crippen LogP contribution is 2.58. The minimum atomic E-state index is -1.34. The van der Waals surface area contributed by atoms with Gasteiger partial charge < -0.3 is 19.7 Å². The van der Waals surface area contributed by atoms with Crippen molar-refractivity contribution >= 4 is 17.7 Å². The van der Waals surface area contributed by atoms with Crippen molar-refractivity contribution in [1.82, 2.24) is 0 Å². The highest BCUT2D eigenvalue weighted by molar-refractivity contribution is 5.98. The first kappa shape index (κ1) is 26.6. The maximum atomic E-state index is 13.9. The van der Waals surface area contributed by atoms with Crippen LogP contribution in [0.4, 0.5) is 0 Å². The number of ether oxygens (including phenoxy) is 2. The molecule has 37 heavy (non-hydrogen) atoms. The summed E-state index contributed by atoms with van der Waals surface area (Å²) in [7, 11) is 0. The quantitative estimate of drug-likeness (QED) is 0.434. The van der Waals surface area contributed by atoms with Gasteiger partial charge in [0.25, 0.3) is 0 Å². The Morgan fingerprint density at radius 1 is 1.11 bits per heavy atom. The third kappa shape index (κ3) is 3.86. The molecule has 1 aliphatic heterocycles. The number of aliphatic hydroxyl groups excluding tert-OH is 1. The molecule has 4 saturated carbocycles. The van der Waals surface area contributed by atoms with E-state index in [1.54, 1.807) is 6.92 Å². The molecule has 7 heteroatoms. The fourth-order valence-electron chi connectivity index (χ4n) is 9.14. The summed E-state index contributed by atoms with van der Waals surface area (Å²) in [6.45, 7) is 15.8. The van der Waals surface area contributed by atoms with Crippen LogP contribution in [0.15, 0.2) is 24.3 Å². The van der Waals surface area contributed by atoms with E-state index in [0.717, 1.165) is 25.7 Å². The number of fused-ring (bicyclic) bond motifs is 4. The second-order valence-electron chi connectivity index (χ2n) is 13.4. The molecule has 0 bridgehead atoms. The number of hydrogen-bond acceptors (Lipinski definition) is 7. The molecule has 0 unspecified atom stereocenters. The largest absolute Gasteiger partial charge is 0.457 e. The number of carbonyl (C=O) groups is 3. The Bertz CT molecular complexity index is 1040. The lowest BCUT2D eigenvalue weighted by molar-refractivity contribution is -0.159. The van der Waals surface area contributed by atoms with Crippen molar-refractivity contribution in [3.63, 3.8) is 0 Å². The lowest BCUT2D eigenvalue weighted by Gasteiger charge is -2.39. The van der Waals surface area contributed by atoms with Gasteiger partial charge in [0.15, 0.2) is 11.9 Å². The standard InChI is InChI=1S/C30H42O7/c1-15-9-10-19-17(3)27(34)37-25(19)30(6)21(15)22(31)23(24(30)32)36-26(33)16(2)18-11-13-29(5,35)20-8-7-12-28(20,4)14-18/h15,18-23,25,31,35H,2-3,7-14H2,1,4-6H3/t15-,18+,19-,20+,21+,22-,23-,25+,28-,29+,30-/m0/s1. The number of hydrogen-bond donors (Lipinski definition) is 2. The van der Waals surface area contributed by atoms with Gasteiger partial charge in [-0.05, 0) is 82.0 Å². The van der Waals surface area contributed by atoms with E-state index in [1.807, 2.05) is 13.8 Å². The SMILES string of the molecule is C=C(C(=O)O[C@@H]1C(=O)[C@]2(C)[C@@H]([C@@H]1O)[C@@H](C)CC[C@H]1C(=C)C(=O)O[C@H]12)[C@@H]1CC[C@@](C)(O)[C@@H]2CCC[C@@]2(C)C1. The summed E-state index contributed by atoms with van der Waals surface area (Å²) in [5.74, 6) is -2.38. The van der Waals surface area contributed by atoms with Gasteiger partial charge in [-0.25, -0.2) is 9.59 Å². The van der Waals surface area contributed by atoms with E-state index >= 15 is 0 Å². The zero-order valence-corrected chi connectivity index (χ0v) is 22.6. The predicted molar refractivity (Wildman–Crippen MR) is 136 cm³/mol. The Balaban J connectivity index is 1.37. The molecule has 0 aromatic rings. The van der Waals surface area contributed by atoms with Gasteiger partial charge >= 0.3 is 11.9 Å². The van der Waals surface area contributed by atoms with E-state index in [-0.39, 0.29) is 29.1 Å². The Morgan fingerprint density at radius 2 is 1.81 bits per heavy atom. The summed E-state index contributed by atoms with van der Waals surface area (Å²) in [6, 6.07) is 0. The number of carbonyl (C=O) groups excluding carboxylic acids is 3. The highest BCUT2D eigenvalue weighted by atomic mass is 16.6. The maximum absolute atomic E-state index is 13.9. The van der Waals surface area contributed by atoms with Gasteiger partial charge in [-0.1, -0.05) is 33.4 Å². The van der Waals surface area contributed by atoms with Crippen LogP contribution in [0.2, 0.25) is 0 Å². The van der Waals surface area contributed by atoms with Gasteiger partial charge in [0, 0.05) is 23.0 Å². The van der Waals surface area contributed by atoms with Crippen LogP contribution in [0.1, 0.15) is 79.1 Å². The van der Waals surface area contributed by atoms with Crippen LogP contribution >= 0.6 is 0 Å². The second-order valence-corrected chi connectivity index (χ2v) is 13.4. The van der Waals surface area contributed by atoms with Crippen molar-refractivity contribution in [3.8, 4) is 0 Å². The van der Waals surface area contributed by atoms with Crippen molar-refractivity contribution in [3.05, 3.63) is 24.3 Å². The van der Waals surface area contributed by atoms with Crippen LogP contribution in [0.3, 0.4) is 0 Å². The Morgan fingerprint density at radius 3 is 2.51 bits per heavy atom. The molecule has 5 rings (SSSR count). The Labute approximate surface area is 219 Å². The molecule has 5 fully saturated rings. The van der Waals surface area contributed by atoms with E-state index in [2.05, 4.69) is 20.1 Å². The smallest absolute Gasteiger partial charge is 0.334 e. The van der Waals surface area contributed by atoms with Crippen LogP contribution in [-0.2, 0) is 23.9 Å². The summed E-state index contributed by atoms with van der Waals surface area (Å²) in [5.41, 5.74) is -1.38. The molecular weight excluding hydrogens is 472 g/mol. The molecule has 0 radical (unpaired) electrons. The zero-order chi connectivity index (χ0) is 27.1. The van der Waals surface area contributed by atoms with E-state index in [1.165, 1.54) is 0 Å². The van der Waals surface area contributed by atoms with Gasteiger partial charge in [0.1, 0.15) is 12.2 Å². The normalized spacial score (nSPS) is 49.4. The lowest BCUT2D eigenvalue weighted by atomic mass is 9.68. The lowest BCUT2D eigenvalue weighted by Crippen LogP contribution is -2.46. The summed E-state index contributed by atoms with van der Waals surface area (Å²) in [4.78, 5) is 39.6. The summed E-state index contributed by atoms with van der Waals surface area (Å²) in [5, 5.41) is 22.5. The van der Waals surface area contributed by atoms with Gasteiger partial charge in [0.05, 0.1) is 11.0 Å². The Kier molecular flexibility index (Phi) is 6.31. The summed E-state index contributed by atoms with van der Waals surface area (Å²) >= 11 is 0. The average molecular weight is 515 g/mol. The summed E-state index contributed by atoms with van der Waals surface area (Å²) < 4.78 is 11.4. The third-order valence-corrected chi connectivity index (χ3v) is 11.1. The van der Waals surface area contributed by atoms with Crippen molar-refractivity contribution in [1.29, 1.82) is 0 Å². The summed E-state index contributed by atoms with van der Waals surface area (Å²) in [6.07, 6.45) is 3.08. The van der Waals surface area contributed by atoms with Gasteiger partial charge in [-0.2, -0.15) is 0 Å². The molecule has 1 heterocycles. The van der Waals surface area contributed by atoms with Crippen LogP contribution in [0.25, 0.3) is 0 Å². The minimum absolute atomic E-state index is 0.0312. The molecule has 1 saturated heterocycles. The fourth-order valence-corrected chi connectivity index (χ4v) is 9.14. The van der Waals surface area contributed by atoms with E-state index in [0.29, 0.717) is 36.8 Å². The second kappa shape index (κ2) is 8.77. The predicted octanol–water partition coefficient (Wildman–Crippen LogP) is 3.91. The maximum Gasteiger partial charge on any atom is 0.334 e. The number of rotatable bonds is 3. The first-order chi connectivity index (χ1) is 17.2. The third-order valence-electron chi connectivity index (χ3n) is 11.1. The van der Waals surface area contributed by atoms with Crippen molar-refractivity contribution in [2.45, 2.75) is 103 Å². The van der Waals surface area contributed by atoms with Crippen LogP contribution < -0.4 is 0 Å². The van der Waals surface area contributed by atoms with Crippen LogP contribution in [0, 0.1) is 40.4 Å². The van der Waals surface area contributed by atoms with E-state index in [9.17, 15) is 24.6 Å². The van der Waals surface area contributed by atoms with Crippen LogP contribution in [-0.4, -0.2) is 51.8 Å². The first-order valence-corrected chi connectivity index (χ1v) is 14.0. The topological polar surface area (TPSA) is 110 Å². The molecule has 5 aliphatic rings. The van der Waals surface area contributed by atoms with E-state index < -0.39 is 53.0 Å². The first-order valence-electron chi connectivity index (χ1n) is 14.0. The van der Waals surface area contributed by atoms with Gasteiger partial charge in [-0.15, -0.1) is 0 Å². The minimum Gasteiger partial charge on any atom is -0.457 e. The zero-order valence-electron chi connectivity index (χ0n) is 22.6. The molecule has 0 aromatic heterocycles. The highest BCUT2D eigenvalue weighted by Gasteiger charge is 2.68. The van der Waals surface area contributed by atoms with Crippen molar-refractivity contribution in [2.75, 3.05) is 0 Å². The molecular formula is C30H42O7.